The highest BCUT2D eigenvalue weighted by Gasteiger charge is 2.20. The lowest BCUT2D eigenvalue weighted by atomic mass is 10.1. The molecule has 0 bridgehead atoms. The Morgan fingerprint density at radius 3 is 2.67 bits per heavy atom. The lowest BCUT2D eigenvalue weighted by Crippen LogP contribution is -2.40. The number of nitrogens with zero attached hydrogens (tertiary/aromatic N) is 2. The summed E-state index contributed by atoms with van der Waals surface area (Å²) in [4.78, 5) is 7.05. The van der Waals surface area contributed by atoms with Crippen LogP contribution in [0.25, 0.3) is 0 Å². The minimum Gasteiger partial charge on any atom is -0.393 e. The normalized spacial score (nSPS) is 20.3. The van der Waals surface area contributed by atoms with Crippen molar-refractivity contribution < 1.29 is 9.84 Å². The first-order valence-corrected chi connectivity index (χ1v) is 9.78. The minimum absolute atomic E-state index is 0.0832. The molecule has 0 radical (unpaired) electrons. The minimum atomic E-state index is -0.0832. The molecule has 2 fully saturated rings. The van der Waals surface area contributed by atoms with Crippen molar-refractivity contribution in [3.8, 4) is 0 Å². The molecule has 1 saturated carbocycles. The van der Waals surface area contributed by atoms with Gasteiger partial charge in [-0.05, 0) is 57.9 Å². The SMILES string of the molecule is CCNC(=NCCCOCC1CC1)NCCCN1CCC(O)CC1. The van der Waals surface area contributed by atoms with E-state index in [2.05, 4.69) is 27.4 Å². The monoisotopic (exact) mass is 340 g/mol. The highest BCUT2D eigenvalue weighted by atomic mass is 16.5. The van der Waals surface area contributed by atoms with Crippen molar-refractivity contribution in [1.82, 2.24) is 15.5 Å². The molecule has 1 saturated heterocycles. The molecular formula is C18H36N4O2. The summed E-state index contributed by atoms with van der Waals surface area (Å²) < 4.78 is 5.64. The van der Waals surface area contributed by atoms with Crippen LogP contribution in [-0.2, 0) is 4.74 Å². The quantitative estimate of drug-likeness (QED) is 0.300. The van der Waals surface area contributed by atoms with Crippen LogP contribution in [-0.4, -0.2) is 74.6 Å². The van der Waals surface area contributed by atoms with Crippen LogP contribution in [0.2, 0.25) is 0 Å². The second-order valence-corrected chi connectivity index (χ2v) is 6.99. The van der Waals surface area contributed by atoms with Gasteiger partial charge in [0, 0.05) is 45.9 Å². The third kappa shape index (κ3) is 8.85. The van der Waals surface area contributed by atoms with Gasteiger partial charge >= 0.3 is 0 Å². The van der Waals surface area contributed by atoms with E-state index in [1.165, 1.54) is 12.8 Å². The van der Waals surface area contributed by atoms with Gasteiger partial charge in [-0.3, -0.25) is 4.99 Å². The first-order valence-electron chi connectivity index (χ1n) is 9.78. The molecule has 1 aliphatic carbocycles. The molecule has 140 valence electrons. The van der Waals surface area contributed by atoms with Crippen LogP contribution in [0.15, 0.2) is 4.99 Å². The van der Waals surface area contributed by atoms with Gasteiger partial charge in [0.05, 0.1) is 6.10 Å². The van der Waals surface area contributed by atoms with Crippen molar-refractivity contribution in [3.05, 3.63) is 0 Å². The number of hydrogen-bond acceptors (Lipinski definition) is 4. The van der Waals surface area contributed by atoms with Gasteiger partial charge in [0.2, 0.25) is 0 Å². The predicted octanol–water partition coefficient (Wildman–Crippen LogP) is 1.21. The van der Waals surface area contributed by atoms with Crippen molar-refractivity contribution in [2.45, 2.75) is 51.6 Å². The second kappa shape index (κ2) is 11.7. The van der Waals surface area contributed by atoms with E-state index >= 15 is 0 Å². The third-order valence-corrected chi connectivity index (χ3v) is 4.61. The summed E-state index contributed by atoms with van der Waals surface area (Å²) in [5.74, 6) is 1.75. The fourth-order valence-electron chi connectivity index (χ4n) is 2.89. The van der Waals surface area contributed by atoms with Gasteiger partial charge in [0.15, 0.2) is 5.96 Å². The summed E-state index contributed by atoms with van der Waals surface area (Å²) in [7, 11) is 0. The van der Waals surface area contributed by atoms with Crippen LogP contribution < -0.4 is 10.6 Å². The van der Waals surface area contributed by atoms with E-state index < -0.39 is 0 Å². The Hall–Kier alpha value is -0.850. The number of rotatable bonds is 11. The molecule has 1 aliphatic heterocycles. The Balaban J connectivity index is 1.50. The molecule has 2 aliphatic rings. The van der Waals surface area contributed by atoms with E-state index in [9.17, 15) is 5.11 Å². The maximum atomic E-state index is 9.52. The molecule has 0 spiro atoms. The van der Waals surface area contributed by atoms with Gasteiger partial charge in [-0.15, -0.1) is 0 Å². The van der Waals surface area contributed by atoms with Crippen molar-refractivity contribution in [1.29, 1.82) is 0 Å². The van der Waals surface area contributed by atoms with Crippen molar-refractivity contribution in [2.75, 3.05) is 52.5 Å². The molecule has 0 aromatic heterocycles. The maximum Gasteiger partial charge on any atom is 0.191 e. The summed E-state index contributed by atoms with van der Waals surface area (Å²) in [6, 6.07) is 0. The van der Waals surface area contributed by atoms with Gasteiger partial charge in [0.1, 0.15) is 0 Å². The number of hydrogen-bond donors (Lipinski definition) is 3. The summed E-state index contributed by atoms with van der Waals surface area (Å²) in [6.07, 6.45) is 6.54. The Bertz CT molecular complexity index is 353. The van der Waals surface area contributed by atoms with Gasteiger partial charge < -0.3 is 25.4 Å². The largest absolute Gasteiger partial charge is 0.393 e. The first kappa shape index (κ1) is 19.5. The van der Waals surface area contributed by atoms with Crippen LogP contribution in [0, 0.1) is 5.92 Å². The van der Waals surface area contributed by atoms with E-state index in [-0.39, 0.29) is 6.10 Å². The van der Waals surface area contributed by atoms with E-state index in [4.69, 9.17) is 4.74 Å². The van der Waals surface area contributed by atoms with Crippen LogP contribution in [0.3, 0.4) is 0 Å². The Kier molecular flexibility index (Phi) is 9.46. The lowest BCUT2D eigenvalue weighted by Gasteiger charge is -2.29. The number of ether oxygens (including phenoxy) is 1. The zero-order valence-corrected chi connectivity index (χ0v) is 15.3. The molecular weight excluding hydrogens is 304 g/mol. The molecule has 24 heavy (non-hydrogen) atoms. The number of aliphatic hydroxyl groups excluding tert-OH is 1. The van der Waals surface area contributed by atoms with Gasteiger partial charge in [-0.2, -0.15) is 0 Å². The van der Waals surface area contributed by atoms with Crippen LogP contribution >= 0.6 is 0 Å². The molecule has 2 rings (SSSR count). The number of likely N-dealkylation sites (tertiary alicyclic amines) is 1. The molecule has 0 atom stereocenters. The molecule has 6 heteroatoms. The Labute approximate surface area is 147 Å². The molecule has 0 unspecified atom stereocenters. The number of nitrogens with one attached hydrogen (secondary N) is 2. The Morgan fingerprint density at radius 2 is 1.96 bits per heavy atom. The highest BCUT2D eigenvalue weighted by molar-refractivity contribution is 5.79. The lowest BCUT2D eigenvalue weighted by molar-refractivity contribution is 0.0823. The molecule has 6 nitrogen and oxygen atoms in total. The van der Waals surface area contributed by atoms with Crippen molar-refractivity contribution in [3.63, 3.8) is 0 Å². The number of guanidine groups is 1. The van der Waals surface area contributed by atoms with E-state index in [1.54, 1.807) is 0 Å². The molecule has 0 aromatic rings. The first-order chi connectivity index (χ1) is 11.8. The Morgan fingerprint density at radius 1 is 1.17 bits per heavy atom. The number of aliphatic hydroxyl groups is 1. The summed E-state index contributed by atoms with van der Waals surface area (Å²) >= 11 is 0. The molecule has 0 aromatic carbocycles. The topological polar surface area (TPSA) is 69.1 Å². The van der Waals surface area contributed by atoms with E-state index in [1.807, 2.05) is 0 Å². The van der Waals surface area contributed by atoms with E-state index in [0.29, 0.717) is 0 Å². The summed E-state index contributed by atoms with van der Waals surface area (Å²) in [5.41, 5.74) is 0. The number of piperidine rings is 1. The van der Waals surface area contributed by atoms with Gasteiger partial charge in [-0.25, -0.2) is 0 Å². The number of aliphatic imine (C=N–C) groups is 1. The van der Waals surface area contributed by atoms with Gasteiger partial charge in [-0.1, -0.05) is 0 Å². The highest BCUT2D eigenvalue weighted by Crippen LogP contribution is 2.28. The third-order valence-electron chi connectivity index (χ3n) is 4.61. The average molecular weight is 341 g/mol. The zero-order valence-electron chi connectivity index (χ0n) is 15.3. The van der Waals surface area contributed by atoms with E-state index in [0.717, 1.165) is 90.0 Å². The smallest absolute Gasteiger partial charge is 0.191 e. The van der Waals surface area contributed by atoms with Crippen molar-refractivity contribution >= 4 is 5.96 Å². The fraction of sp³-hybridized carbons (Fsp3) is 0.944. The zero-order chi connectivity index (χ0) is 17.0. The standard InChI is InChI=1S/C18H36N4O2/c1-2-19-18(21-10-4-14-24-15-16-5-6-16)20-9-3-11-22-12-7-17(23)8-13-22/h16-17,23H,2-15H2,1H3,(H2,19,20,21). The predicted molar refractivity (Wildman–Crippen MR) is 98.4 cm³/mol. The van der Waals surface area contributed by atoms with Crippen LogP contribution in [0.4, 0.5) is 0 Å². The molecule has 0 amide bonds. The molecule has 3 N–H and O–H groups in total. The average Bonchev–Trinajstić information content (AvgIpc) is 3.40. The van der Waals surface area contributed by atoms with Crippen molar-refractivity contribution in [2.24, 2.45) is 10.9 Å². The molecule has 1 heterocycles. The second-order valence-electron chi connectivity index (χ2n) is 6.99. The van der Waals surface area contributed by atoms with Gasteiger partial charge in [0.25, 0.3) is 0 Å². The van der Waals surface area contributed by atoms with Crippen LogP contribution in [0.1, 0.15) is 45.4 Å². The fourth-order valence-corrected chi connectivity index (χ4v) is 2.89. The summed E-state index contributed by atoms with van der Waals surface area (Å²) in [5, 5.41) is 16.2. The summed E-state index contributed by atoms with van der Waals surface area (Å²) in [6.45, 7) is 9.62. The van der Waals surface area contributed by atoms with Crippen LogP contribution in [0.5, 0.6) is 0 Å². The maximum absolute atomic E-state index is 9.52.